The van der Waals surface area contributed by atoms with Crippen molar-refractivity contribution in [1.29, 1.82) is 5.26 Å². The number of alkyl halides is 3. The first-order chi connectivity index (χ1) is 15.5. The molecule has 14 heteroatoms. The summed E-state index contributed by atoms with van der Waals surface area (Å²) in [6.07, 6.45) is -1.12. The molecule has 2 aromatic heterocycles. The van der Waals surface area contributed by atoms with Crippen LogP contribution in [0.5, 0.6) is 0 Å². The minimum atomic E-state index is -4.80. The highest BCUT2D eigenvalue weighted by molar-refractivity contribution is 7.88. The van der Waals surface area contributed by atoms with Gasteiger partial charge in [0.2, 0.25) is 16.0 Å². The van der Waals surface area contributed by atoms with E-state index in [0.717, 1.165) is 23.8 Å². The average Bonchev–Trinajstić information content (AvgIpc) is 3.14. The van der Waals surface area contributed by atoms with Gasteiger partial charge in [0.1, 0.15) is 5.69 Å². The van der Waals surface area contributed by atoms with Crippen molar-refractivity contribution in [1.82, 2.24) is 19.3 Å². The summed E-state index contributed by atoms with van der Waals surface area (Å²) in [4.78, 5) is 11.2. The Balaban J connectivity index is 1.58. The lowest BCUT2D eigenvalue weighted by molar-refractivity contribution is -0.140. The van der Waals surface area contributed by atoms with E-state index in [9.17, 15) is 26.0 Å². The normalized spacial score (nSPS) is 22.5. The lowest BCUT2D eigenvalue weighted by atomic mass is 9.76. The van der Waals surface area contributed by atoms with Crippen LogP contribution < -0.4 is 5.32 Å². The fraction of sp³-hybridized carbons (Fsp3) is 0.579. The van der Waals surface area contributed by atoms with Gasteiger partial charge in [-0.15, -0.1) is 11.3 Å². The molecule has 0 unspecified atom stereocenters. The van der Waals surface area contributed by atoms with Crippen molar-refractivity contribution in [3.05, 3.63) is 22.7 Å². The molecule has 1 aliphatic heterocycles. The zero-order valence-corrected chi connectivity index (χ0v) is 19.1. The molecular formula is C19H20F4N6O2S2. The molecule has 1 saturated carbocycles. The van der Waals surface area contributed by atoms with Gasteiger partial charge in [-0.1, -0.05) is 0 Å². The van der Waals surface area contributed by atoms with Gasteiger partial charge in [-0.3, -0.25) is 0 Å². The molecule has 2 fully saturated rings. The molecule has 178 valence electrons. The second kappa shape index (κ2) is 8.77. The lowest BCUT2D eigenvalue weighted by Gasteiger charge is -2.30. The fourth-order valence-corrected chi connectivity index (χ4v) is 5.98. The molecule has 2 aromatic rings. The van der Waals surface area contributed by atoms with Crippen LogP contribution in [-0.2, 0) is 16.2 Å². The molecule has 8 nitrogen and oxygen atoms in total. The molecule has 0 amide bonds. The Morgan fingerprint density at radius 3 is 2.48 bits per heavy atom. The summed E-state index contributed by atoms with van der Waals surface area (Å²) in [6, 6.07) is 1.87. The molecule has 2 aliphatic rings. The third-order valence-corrected chi connectivity index (χ3v) is 8.33. The van der Waals surface area contributed by atoms with Crippen molar-refractivity contribution < 1.29 is 26.0 Å². The minimum absolute atomic E-state index is 0.0412. The van der Waals surface area contributed by atoms with Gasteiger partial charge < -0.3 is 5.32 Å². The number of sulfonamides is 1. The molecule has 1 aliphatic carbocycles. The summed E-state index contributed by atoms with van der Waals surface area (Å²) in [5.74, 6) is -1.52. The van der Waals surface area contributed by atoms with Gasteiger partial charge in [-0.05, 0) is 25.7 Å². The molecule has 0 bridgehead atoms. The highest BCUT2D eigenvalue weighted by atomic mass is 32.2. The average molecular weight is 505 g/mol. The van der Waals surface area contributed by atoms with Gasteiger partial charge in [-0.25, -0.2) is 32.1 Å². The Labute approximate surface area is 191 Å². The molecule has 3 heterocycles. The summed E-state index contributed by atoms with van der Waals surface area (Å²) in [5.41, 5.74) is -1.69. The molecule has 33 heavy (non-hydrogen) atoms. The van der Waals surface area contributed by atoms with Gasteiger partial charge in [0.25, 0.3) is 0 Å². The van der Waals surface area contributed by atoms with Crippen LogP contribution in [0.3, 0.4) is 0 Å². The Morgan fingerprint density at radius 1 is 1.24 bits per heavy atom. The maximum atomic E-state index is 14.5. The highest BCUT2D eigenvalue weighted by Crippen LogP contribution is 2.48. The van der Waals surface area contributed by atoms with Crippen molar-refractivity contribution in [2.75, 3.05) is 24.7 Å². The van der Waals surface area contributed by atoms with Crippen molar-refractivity contribution in [3.63, 3.8) is 0 Å². The van der Waals surface area contributed by atoms with Crippen LogP contribution in [0, 0.1) is 23.1 Å². The zero-order chi connectivity index (χ0) is 24.0. The first-order valence-electron chi connectivity index (χ1n) is 10.2. The highest BCUT2D eigenvalue weighted by Gasteiger charge is 2.42. The zero-order valence-electron chi connectivity index (χ0n) is 17.4. The van der Waals surface area contributed by atoms with Gasteiger partial charge in [-0.2, -0.15) is 18.4 Å². The Hall–Kier alpha value is -2.37. The van der Waals surface area contributed by atoms with Gasteiger partial charge >= 0.3 is 6.18 Å². The number of hydrogen-bond donors (Lipinski definition) is 1. The van der Waals surface area contributed by atoms with E-state index in [2.05, 4.69) is 26.3 Å². The minimum Gasteiger partial charge on any atom is -0.351 e. The predicted octanol–water partition coefficient (Wildman–Crippen LogP) is 3.61. The first kappa shape index (κ1) is 23.8. The Kier molecular flexibility index (Phi) is 6.32. The SMILES string of the molecule is CS(=O)(=O)N1CCC(Nc2ncc(F)c(-c3sc([C@H]4C[C@@H](C#N)C4)nc3C(F)(F)F)n2)CC1. The number of rotatable bonds is 5. The molecule has 1 N–H and O–H groups in total. The number of piperidine rings is 1. The number of anilines is 1. The lowest BCUT2D eigenvalue weighted by Crippen LogP contribution is -2.42. The van der Waals surface area contributed by atoms with E-state index in [0.29, 0.717) is 25.7 Å². The van der Waals surface area contributed by atoms with Gasteiger partial charge in [0.15, 0.2) is 11.5 Å². The number of aromatic nitrogens is 3. The third kappa shape index (κ3) is 5.10. The monoisotopic (exact) mass is 504 g/mol. The number of nitriles is 1. The summed E-state index contributed by atoms with van der Waals surface area (Å²) >= 11 is 0.736. The van der Waals surface area contributed by atoms with E-state index in [1.807, 2.05) is 0 Å². The van der Waals surface area contributed by atoms with Gasteiger partial charge in [0.05, 0.1) is 28.4 Å². The van der Waals surface area contributed by atoms with Crippen LogP contribution in [0.4, 0.5) is 23.5 Å². The standard InChI is InChI=1S/C19H20F4N6O2S2/c1-33(30,31)29-4-2-12(3-5-29)26-18-25-9-13(20)14(27-18)15-16(19(21,22)23)28-17(32-15)11-6-10(7-11)8-24/h9-12H,2-7H2,1H3,(H,25,26,27)/t10-,11+. The Bertz CT molecular complexity index is 1180. The summed E-state index contributed by atoms with van der Waals surface area (Å²) in [5, 5.41) is 12.1. The third-order valence-electron chi connectivity index (χ3n) is 5.80. The van der Waals surface area contributed by atoms with Crippen LogP contribution in [0.25, 0.3) is 10.6 Å². The van der Waals surface area contributed by atoms with Crippen molar-refractivity contribution in [2.24, 2.45) is 5.92 Å². The second-order valence-corrected chi connectivity index (χ2v) is 11.2. The van der Waals surface area contributed by atoms with E-state index >= 15 is 0 Å². The first-order valence-corrected chi connectivity index (χ1v) is 12.8. The molecule has 4 rings (SSSR count). The van der Waals surface area contributed by atoms with Crippen LogP contribution in [0.1, 0.15) is 42.3 Å². The number of nitrogens with one attached hydrogen (secondary N) is 1. The number of nitrogens with zero attached hydrogens (tertiary/aromatic N) is 5. The summed E-state index contributed by atoms with van der Waals surface area (Å²) < 4.78 is 80.2. The van der Waals surface area contributed by atoms with Crippen LogP contribution in [0.15, 0.2) is 6.20 Å². The number of halogens is 4. The van der Waals surface area contributed by atoms with Crippen molar-refractivity contribution >= 4 is 27.3 Å². The summed E-state index contributed by atoms with van der Waals surface area (Å²) in [7, 11) is -3.30. The van der Waals surface area contributed by atoms with E-state index in [1.165, 1.54) is 4.31 Å². The quantitative estimate of drug-likeness (QED) is 0.619. The summed E-state index contributed by atoms with van der Waals surface area (Å²) in [6.45, 7) is 0.568. The topological polar surface area (TPSA) is 112 Å². The molecular weight excluding hydrogens is 484 g/mol. The van der Waals surface area contributed by atoms with E-state index < -0.39 is 38.3 Å². The van der Waals surface area contributed by atoms with Crippen molar-refractivity contribution in [2.45, 2.75) is 43.8 Å². The largest absolute Gasteiger partial charge is 0.434 e. The van der Waals surface area contributed by atoms with Gasteiger partial charge in [0, 0.05) is 31.0 Å². The molecule has 0 spiro atoms. The molecule has 0 radical (unpaired) electrons. The van der Waals surface area contributed by atoms with E-state index in [4.69, 9.17) is 5.26 Å². The predicted molar refractivity (Wildman–Crippen MR) is 112 cm³/mol. The van der Waals surface area contributed by atoms with Crippen LogP contribution in [-0.4, -0.2) is 53.1 Å². The van der Waals surface area contributed by atoms with E-state index in [1.54, 1.807) is 0 Å². The molecule has 1 saturated heterocycles. The maximum Gasteiger partial charge on any atom is 0.434 e. The molecule has 0 atom stereocenters. The molecule has 0 aromatic carbocycles. The maximum absolute atomic E-state index is 14.5. The number of thiazole rings is 1. The van der Waals surface area contributed by atoms with Crippen molar-refractivity contribution in [3.8, 4) is 16.6 Å². The van der Waals surface area contributed by atoms with E-state index in [-0.39, 0.29) is 41.9 Å². The van der Waals surface area contributed by atoms with Crippen LogP contribution in [0.2, 0.25) is 0 Å². The Morgan fingerprint density at radius 2 is 1.91 bits per heavy atom. The second-order valence-electron chi connectivity index (χ2n) is 8.19. The fourth-order valence-electron chi connectivity index (χ4n) is 3.90. The smallest absolute Gasteiger partial charge is 0.351 e. The van der Waals surface area contributed by atoms with Crippen LogP contribution >= 0.6 is 11.3 Å². The number of hydrogen-bond acceptors (Lipinski definition) is 8.